The van der Waals surface area contributed by atoms with E-state index in [1.165, 1.54) is 12.3 Å². The highest BCUT2D eigenvalue weighted by molar-refractivity contribution is 9.10. The van der Waals surface area contributed by atoms with Crippen molar-refractivity contribution in [2.75, 3.05) is 6.61 Å². The average molecular weight is 509 g/mol. The minimum Gasteiger partial charge on any atom is -0.444 e. The highest BCUT2D eigenvalue weighted by Gasteiger charge is 2.21. The van der Waals surface area contributed by atoms with E-state index in [9.17, 15) is 14.3 Å². The van der Waals surface area contributed by atoms with Crippen LogP contribution >= 0.6 is 15.9 Å². The monoisotopic (exact) mass is 508 g/mol. The average Bonchev–Trinajstić information content (AvgIpc) is 3.17. The summed E-state index contributed by atoms with van der Waals surface area (Å²) in [5.74, 6) is 0.193. The number of hydrogen-bond acceptors (Lipinski definition) is 8. The van der Waals surface area contributed by atoms with Gasteiger partial charge >= 0.3 is 6.09 Å². The highest BCUT2D eigenvalue weighted by atomic mass is 79.9. The molecule has 170 valence electrons. The van der Waals surface area contributed by atoms with Gasteiger partial charge in [0, 0.05) is 22.7 Å². The fraction of sp³-hybridized carbons (Fsp3) is 0.333. The summed E-state index contributed by atoms with van der Waals surface area (Å²) in [6, 6.07) is 7.22. The van der Waals surface area contributed by atoms with E-state index in [4.69, 9.17) is 14.0 Å². The molecule has 2 N–H and O–H groups in total. The van der Waals surface area contributed by atoms with E-state index >= 15 is 0 Å². The number of nitrogens with zero attached hydrogens (tertiary/aromatic N) is 3. The molecule has 0 aliphatic carbocycles. The van der Waals surface area contributed by atoms with E-state index in [1.54, 1.807) is 45.0 Å². The molecule has 2 aromatic heterocycles. The van der Waals surface area contributed by atoms with Gasteiger partial charge in [0.1, 0.15) is 11.4 Å². The van der Waals surface area contributed by atoms with E-state index in [0.717, 1.165) is 0 Å². The Balaban J connectivity index is 1.62. The van der Waals surface area contributed by atoms with Gasteiger partial charge in [0.25, 0.3) is 5.88 Å². The predicted molar refractivity (Wildman–Crippen MR) is 116 cm³/mol. The van der Waals surface area contributed by atoms with Gasteiger partial charge in [0.15, 0.2) is 5.82 Å². The molecule has 3 aromatic rings. The van der Waals surface area contributed by atoms with Gasteiger partial charge in [-0.25, -0.2) is 14.2 Å². The van der Waals surface area contributed by atoms with Crippen molar-refractivity contribution >= 4 is 22.0 Å². The first-order valence-electron chi connectivity index (χ1n) is 9.65. The first-order valence-corrected chi connectivity index (χ1v) is 10.4. The van der Waals surface area contributed by atoms with Crippen molar-refractivity contribution in [3.8, 4) is 23.0 Å². The van der Waals surface area contributed by atoms with Gasteiger partial charge in [0.05, 0.1) is 12.6 Å². The van der Waals surface area contributed by atoms with Gasteiger partial charge in [-0.05, 0) is 67.0 Å². The number of pyridine rings is 1. The SMILES string of the molecule is CC(C)(C)OC(=O)NC(CO)Cc1nc(-c2ccc(Oc3ncc(Br)cc3F)cc2)no1. The molecule has 0 spiro atoms. The molecular formula is C21H22BrFN4O5. The number of nitrogens with one attached hydrogen (secondary N) is 1. The van der Waals surface area contributed by atoms with E-state index in [2.05, 4.69) is 36.4 Å². The Morgan fingerprint density at radius 1 is 1.31 bits per heavy atom. The van der Waals surface area contributed by atoms with Crippen molar-refractivity contribution in [1.29, 1.82) is 0 Å². The lowest BCUT2D eigenvalue weighted by Gasteiger charge is -2.22. The molecule has 1 unspecified atom stereocenters. The van der Waals surface area contributed by atoms with Gasteiger partial charge in [-0.3, -0.25) is 0 Å². The number of aliphatic hydroxyl groups is 1. The maximum absolute atomic E-state index is 13.9. The van der Waals surface area contributed by atoms with Crippen molar-refractivity contribution in [1.82, 2.24) is 20.4 Å². The normalized spacial score (nSPS) is 12.3. The molecule has 2 heterocycles. The quantitative estimate of drug-likeness (QED) is 0.485. The number of rotatable bonds is 7. The summed E-state index contributed by atoms with van der Waals surface area (Å²) in [4.78, 5) is 20.1. The van der Waals surface area contributed by atoms with Crippen LogP contribution in [0.1, 0.15) is 26.7 Å². The zero-order valence-electron chi connectivity index (χ0n) is 17.6. The number of halogens is 2. The summed E-state index contributed by atoms with van der Waals surface area (Å²) in [5.41, 5.74) is -0.0196. The van der Waals surface area contributed by atoms with Gasteiger partial charge in [-0.2, -0.15) is 4.98 Å². The van der Waals surface area contributed by atoms with Crippen molar-refractivity contribution < 1.29 is 28.3 Å². The van der Waals surface area contributed by atoms with E-state index in [1.807, 2.05) is 0 Å². The fourth-order valence-corrected chi connectivity index (χ4v) is 2.87. The summed E-state index contributed by atoms with van der Waals surface area (Å²) in [7, 11) is 0. The molecule has 9 nitrogen and oxygen atoms in total. The topological polar surface area (TPSA) is 120 Å². The van der Waals surface area contributed by atoms with Crippen LogP contribution < -0.4 is 10.1 Å². The molecule has 0 radical (unpaired) electrons. The second-order valence-electron chi connectivity index (χ2n) is 7.81. The first-order chi connectivity index (χ1) is 15.1. The molecule has 0 saturated carbocycles. The molecular weight excluding hydrogens is 487 g/mol. The number of aromatic nitrogens is 3. The van der Waals surface area contributed by atoms with Crippen molar-refractivity contribution in [3.05, 3.63) is 52.7 Å². The van der Waals surface area contributed by atoms with E-state index in [-0.39, 0.29) is 24.8 Å². The lowest BCUT2D eigenvalue weighted by atomic mass is 10.2. The molecule has 32 heavy (non-hydrogen) atoms. The summed E-state index contributed by atoms with van der Waals surface area (Å²) in [5, 5.41) is 16.0. The van der Waals surface area contributed by atoms with Crippen LogP contribution in [0.5, 0.6) is 11.6 Å². The molecule has 1 atom stereocenters. The lowest BCUT2D eigenvalue weighted by Crippen LogP contribution is -2.42. The predicted octanol–water partition coefficient (Wildman–Crippen LogP) is 4.25. The van der Waals surface area contributed by atoms with Crippen LogP contribution in [0, 0.1) is 5.82 Å². The number of carbonyl (C=O) groups excluding carboxylic acids is 1. The third-order valence-electron chi connectivity index (χ3n) is 3.93. The Kier molecular flexibility index (Phi) is 7.41. The van der Waals surface area contributed by atoms with Crippen LogP contribution in [0.2, 0.25) is 0 Å². The van der Waals surface area contributed by atoms with Crippen molar-refractivity contribution in [2.45, 2.75) is 38.8 Å². The van der Waals surface area contributed by atoms with E-state index < -0.39 is 23.6 Å². The molecule has 11 heteroatoms. The zero-order chi connectivity index (χ0) is 23.3. The molecule has 0 fully saturated rings. The smallest absolute Gasteiger partial charge is 0.407 e. The number of carbonyl (C=O) groups is 1. The Labute approximate surface area is 192 Å². The number of ether oxygens (including phenoxy) is 2. The van der Waals surface area contributed by atoms with Gasteiger partial charge < -0.3 is 24.4 Å². The molecule has 3 rings (SSSR count). The Morgan fingerprint density at radius 3 is 2.66 bits per heavy atom. The number of amides is 1. The minimum atomic E-state index is -0.656. The molecule has 0 aliphatic heterocycles. The fourth-order valence-electron chi connectivity index (χ4n) is 2.56. The van der Waals surface area contributed by atoms with E-state index in [0.29, 0.717) is 21.6 Å². The molecule has 0 aliphatic rings. The van der Waals surface area contributed by atoms with Gasteiger partial charge in [-0.1, -0.05) is 5.16 Å². The molecule has 0 saturated heterocycles. The molecule has 1 amide bonds. The summed E-state index contributed by atoms with van der Waals surface area (Å²) >= 11 is 3.14. The van der Waals surface area contributed by atoms with Crippen LogP contribution in [0.3, 0.4) is 0 Å². The van der Waals surface area contributed by atoms with Crippen LogP contribution in [0.25, 0.3) is 11.4 Å². The second kappa shape index (κ2) is 10.0. The highest BCUT2D eigenvalue weighted by Crippen LogP contribution is 2.26. The lowest BCUT2D eigenvalue weighted by molar-refractivity contribution is 0.0480. The van der Waals surface area contributed by atoms with Crippen LogP contribution in [0.4, 0.5) is 9.18 Å². The Bertz CT molecular complexity index is 1070. The molecule has 0 bridgehead atoms. The number of hydrogen-bond donors (Lipinski definition) is 2. The minimum absolute atomic E-state index is 0.123. The maximum atomic E-state index is 13.9. The number of benzene rings is 1. The standard InChI is InChI=1S/C21H22BrFN4O5/c1-21(2,3)31-20(29)25-14(11-28)9-17-26-18(27-32-17)12-4-6-15(7-5-12)30-19-16(23)8-13(22)10-24-19/h4-8,10,14,28H,9,11H2,1-3H3,(H,25,29). The summed E-state index contributed by atoms with van der Waals surface area (Å²) in [6.07, 6.45) is 0.909. The van der Waals surface area contributed by atoms with Crippen molar-refractivity contribution in [2.24, 2.45) is 0 Å². The van der Waals surface area contributed by atoms with Crippen LogP contribution in [-0.4, -0.2) is 44.6 Å². The largest absolute Gasteiger partial charge is 0.444 e. The second-order valence-corrected chi connectivity index (χ2v) is 8.72. The molecule has 1 aromatic carbocycles. The third kappa shape index (κ3) is 6.72. The van der Waals surface area contributed by atoms with Crippen LogP contribution in [-0.2, 0) is 11.2 Å². The van der Waals surface area contributed by atoms with Crippen LogP contribution in [0.15, 0.2) is 45.5 Å². The number of alkyl carbamates (subject to hydrolysis) is 1. The maximum Gasteiger partial charge on any atom is 0.407 e. The third-order valence-corrected chi connectivity index (χ3v) is 4.37. The summed E-state index contributed by atoms with van der Waals surface area (Å²) < 4.78 is 30.2. The Hall–Kier alpha value is -3.05. The first kappa shape index (κ1) is 23.6. The van der Waals surface area contributed by atoms with Gasteiger partial charge in [-0.15, -0.1) is 0 Å². The number of aliphatic hydroxyl groups excluding tert-OH is 1. The van der Waals surface area contributed by atoms with Crippen molar-refractivity contribution in [3.63, 3.8) is 0 Å². The van der Waals surface area contributed by atoms with Gasteiger partial charge in [0.2, 0.25) is 11.7 Å². The summed E-state index contributed by atoms with van der Waals surface area (Å²) in [6.45, 7) is 4.90. The Morgan fingerprint density at radius 2 is 2.03 bits per heavy atom. The zero-order valence-corrected chi connectivity index (χ0v) is 19.2.